The summed E-state index contributed by atoms with van der Waals surface area (Å²) in [6.45, 7) is 0. The van der Waals surface area contributed by atoms with Crippen LogP contribution in [-0.4, -0.2) is 0 Å². The fraction of sp³-hybridized carbons (Fsp3) is 0. The minimum absolute atomic E-state index is 1.11. The Morgan fingerprint density at radius 3 is 1.12 bits per heavy atom. The second-order valence-electron chi connectivity index (χ2n) is 0.689. The molecule has 0 saturated carbocycles. The standard InChI is InChI=1S/C2F4P2/c3-7(4)1-2-8(5)6. The van der Waals surface area contributed by atoms with E-state index in [4.69, 9.17) is 0 Å². The summed E-state index contributed by atoms with van der Waals surface area (Å²) in [6.07, 6.45) is 0. The predicted molar refractivity (Wildman–Crippen MR) is 26.0 cm³/mol. The quantitative estimate of drug-likeness (QED) is 0.291. The number of hydrogen-bond donors (Lipinski definition) is 0. The first-order valence-electron chi connectivity index (χ1n) is 1.37. The Balaban J connectivity index is 3.50. The van der Waals surface area contributed by atoms with E-state index in [0.717, 1.165) is 11.3 Å². The van der Waals surface area contributed by atoms with Gasteiger partial charge in [-0.25, -0.2) is 0 Å². The summed E-state index contributed by atoms with van der Waals surface area (Å²) in [5, 5.41) is 0. The van der Waals surface area contributed by atoms with Gasteiger partial charge in [0, 0.05) is 11.3 Å². The van der Waals surface area contributed by atoms with Crippen molar-refractivity contribution in [3.8, 4) is 11.3 Å². The highest BCUT2D eigenvalue weighted by molar-refractivity contribution is 7.56. The minimum Gasteiger partial charge on any atom is -0.173 e. The first kappa shape index (κ1) is 8.14. The lowest BCUT2D eigenvalue weighted by Gasteiger charge is -1.76. The molecule has 0 radical (unpaired) electrons. The molecule has 0 saturated heterocycles. The average molecular weight is 162 g/mol. The topological polar surface area (TPSA) is 0 Å². The maximum absolute atomic E-state index is 11.0. The number of rotatable bonds is 0. The van der Waals surface area contributed by atoms with Gasteiger partial charge in [-0.3, -0.25) is 0 Å². The van der Waals surface area contributed by atoms with Gasteiger partial charge < -0.3 is 0 Å². The van der Waals surface area contributed by atoms with Crippen molar-refractivity contribution in [3.63, 3.8) is 0 Å². The van der Waals surface area contributed by atoms with Crippen LogP contribution < -0.4 is 0 Å². The van der Waals surface area contributed by atoms with Crippen molar-refractivity contribution < 1.29 is 16.8 Å². The van der Waals surface area contributed by atoms with E-state index in [0.29, 0.717) is 0 Å². The van der Waals surface area contributed by atoms with Gasteiger partial charge in [-0.2, -0.15) is 16.8 Å². The van der Waals surface area contributed by atoms with Crippen LogP contribution in [0, 0.1) is 11.3 Å². The van der Waals surface area contributed by atoms with Crippen molar-refractivity contribution in [1.82, 2.24) is 0 Å². The summed E-state index contributed by atoms with van der Waals surface area (Å²) >= 11 is 0. The first-order valence-corrected chi connectivity index (χ1v) is 3.62. The molecule has 0 aliphatic rings. The van der Waals surface area contributed by atoms with Gasteiger partial charge in [-0.1, -0.05) is 0 Å². The summed E-state index contributed by atoms with van der Waals surface area (Å²) in [4.78, 5) is 0. The molecule has 0 spiro atoms. The van der Waals surface area contributed by atoms with E-state index in [2.05, 4.69) is 0 Å². The Hall–Kier alpha value is 0.140. The highest BCUT2D eigenvalue weighted by Gasteiger charge is 1.99. The van der Waals surface area contributed by atoms with Crippen molar-refractivity contribution in [3.05, 3.63) is 0 Å². The predicted octanol–water partition coefficient (Wildman–Crippen LogP) is 3.41. The molecule has 0 atom stereocenters. The lowest BCUT2D eigenvalue weighted by Crippen LogP contribution is -1.42. The van der Waals surface area contributed by atoms with E-state index in [-0.39, 0.29) is 0 Å². The van der Waals surface area contributed by atoms with Gasteiger partial charge in [0.1, 0.15) is 0 Å². The van der Waals surface area contributed by atoms with Crippen LogP contribution in [0.1, 0.15) is 0 Å². The van der Waals surface area contributed by atoms with E-state index in [1.165, 1.54) is 0 Å². The molecule has 0 rings (SSSR count). The molecule has 0 amide bonds. The van der Waals surface area contributed by atoms with Crippen molar-refractivity contribution >= 4 is 17.1 Å². The van der Waals surface area contributed by atoms with Gasteiger partial charge in [-0.05, 0) is 0 Å². The van der Waals surface area contributed by atoms with Gasteiger partial charge in [-0.15, -0.1) is 0 Å². The summed E-state index contributed by atoms with van der Waals surface area (Å²) in [7, 11) is -6.92. The van der Waals surface area contributed by atoms with E-state index in [9.17, 15) is 16.8 Å². The number of halogens is 4. The van der Waals surface area contributed by atoms with Crippen LogP contribution in [0.25, 0.3) is 0 Å². The Labute approximate surface area is 46.3 Å². The molecule has 6 heteroatoms. The molecule has 0 aliphatic heterocycles. The maximum Gasteiger partial charge on any atom is 0.344 e. The molecular weight excluding hydrogens is 162 g/mol. The van der Waals surface area contributed by atoms with Crippen LogP contribution in [-0.2, 0) is 0 Å². The SMILES string of the molecule is FP(F)C#CP(F)F. The molecule has 0 aromatic carbocycles. The molecule has 0 aromatic heterocycles. The Morgan fingerprint density at radius 1 is 0.750 bits per heavy atom. The molecule has 8 heavy (non-hydrogen) atoms. The fourth-order valence-corrected chi connectivity index (χ4v) is 0.680. The van der Waals surface area contributed by atoms with E-state index >= 15 is 0 Å². The summed E-state index contributed by atoms with van der Waals surface area (Å²) < 4.78 is 43.9. The largest absolute Gasteiger partial charge is 0.344 e. The molecule has 46 valence electrons. The monoisotopic (exact) mass is 162 g/mol. The molecule has 0 heterocycles. The van der Waals surface area contributed by atoms with Crippen molar-refractivity contribution in [2.24, 2.45) is 0 Å². The van der Waals surface area contributed by atoms with E-state index < -0.39 is 17.1 Å². The molecule has 0 fully saturated rings. The van der Waals surface area contributed by atoms with Crippen LogP contribution in [0.15, 0.2) is 0 Å². The third kappa shape index (κ3) is 6.14. The van der Waals surface area contributed by atoms with E-state index in [1.807, 2.05) is 0 Å². The van der Waals surface area contributed by atoms with E-state index in [1.54, 1.807) is 0 Å². The lowest BCUT2D eigenvalue weighted by molar-refractivity contribution is 0.761. The highest BCUT2D eigenvalue weighted by Crippen LogP contribution is 2.42. The normalized spacial score (nSPS) is 9.25. The smallest absolute Gasteiger partial charge is 0.173 e. The molecule has 0 bridgehead atoms. The minimum atomic E-state index is -3.46. The maximum atomic E-state index is 11.0. The Kier molecular flexibility index (Phi) is 4.13. The number of hydrogen-bond acceptors (Lipinski definition) is 0. The Morgan fingerprint density at radius 2 is 1.00 bits per heavy atom. The molecular formula is C2F4P2. The van der Waals surface area contributed by atoms with Gasteiger partial charge in [0.25, 0.3) is 0 Å². The molecule has 0 nitrogen and oxygen atoms in total. The second-order valence-corrected chi connectivity index (χ2v) is 2.07. The molecule has 0 N–H and O–H groups in total. The second kappa shape index (κ2) is 4.06. The first-order chi connectivity index (χ1) is 3.63. The lowest BCUT2D eigenvalue weighted by atomic mass is 11.4. The zero-order chi connectivity index (χ0) is 6.57. The summed E-state index contributed by atoms with van der Waals surface area (Å²) in [5.41, 5.74) is 2.21. The van der Waals surface area contributed by atoms with Crippen molar-refractivity contribution in [1.29, 1.82) is 0 Å². The average Bonchev–Trinajstić information content (AvgIpc) is 1.61. The summed E-state index contributed by atoms with van der Waals surface area (Å²) in [6, 6.07) is 0. The van der Waals surface area contributed by atoms with Gasteiger partial charge in [0.2, 0.25) is 0 Å². The van der Waals surface area contributed by atoms with Crippen LogP contribution in [0.4, 0.5) is 16.8 Å². The van der Waals surface area contributed by atoms with Crippen LogP contribution in [0.3, 0.4) is 0 Å². The zero-order valence-corrected chi connectivity index (χ0v) is 5.20. The Bertz CT molecular complexity index is 98.9. The zero-order valence-electron chi connectivity index (χ0n) is 3.41. The van der Waals surface area contributed by atoms with Gasteiger partial charge >= 0.3 is 17.1 Å². The van der Waals surface area contributed by atoms with Gasteiger partial charge in [0.05, 0.1) is 0 Å². The highest BCUT2D eigenvalue weighted by atomic mass is 31.2. The molecule has 0 aliphatic carbocycles. The van der Waals surface area contributed by atoms with Crippen LogP contribution >= 0.6 is 17.1 Å². The molecule has 0 unspecified atom stereocenters. The molecule has 0 aromatic rings. The third-order valence-electron chi connectivity index (χ3n) is 0.219. The van der Waals surface area contributed by atoms with Crippen molar-refractivity contribution in [2.75, 3.05) is 0 Å². The fourth-order valence-electron chi connectivity index (χ4n) is 0.0756. The third-order valence-corrected chi connectivity index (χ3v) is 0.957. The van der Waals surface area contributed by atoms with Crippen LogP contribution in [0.5, 0.6) is 0 Å². The van der Waals surface area contributed by atoms with Gasteiger partial charge in [0.15, 0.2) is 0 Å². The van der Waals surface area contributed by atoms with Crippen molar-refractivity contribution in [2.45, 2.75) is 0 Å². The van der Waals surface area contributed by atoms with Crippen LogP contribution in [0.2, 0.25) is 0 Å². The summed E-state index contributed by atoms with van der Waals surface area (Å²) in [5.74, 6) is 0.